The van der Waals surface area contributed by atoms with E-state index in [2.05, 4.69) is 22.5 Å². The van der Waals surface area contributed by atoms with Crippen LogP contribution in [0.2, 0.25) is 0 Å². The summed E-state index contributed by atoms with van der Waals surface area (Å²) in [6.45, 7) is 2.05. The van der Waals surface area contributed by atoms with Gasteiger partial charge in [-0.2, -0.15) is 0 Å². The van der Waals surface area contributed by atoms with Gasteiger partial charge in [-0.15, -0.1) is 11.3 Å². The summed E-state index contributed by atoms with van der Waals surface area (Å²) in [4.78, 5) is 4.09. The first-order valence-electron chi connectivity index (χ1n) is 4.78. The summed E-state index contributed by atoms with van der Waals surface area (Å²) >= 11 is 6.68. The summed E-state index contributed by atoms with van der Waals surface area (Å²) in [5.74, 6) is 0. The minimum absolute atomic E-state index is 0.554. The number of nitrogens with zero attached hydrogens (tertiary/aromatic N) is 1. The Morgan fingerprint density at radius 1 is 1.25 bits per heavy atom. The molecule has 3 nitrogen and oxygen atoms in total. The SMILES string of the molecule is Cc1ccc(NC(=S)Nc2nccs2)cc1. The van der Waals surface area contributed by atoms with Crippen molar-refractivity contribution < 1.29 is 0 Å². The van der Waals surface area contributed by atoms with Gasteiger partial charge in [-0.3, -0.25) is 0 Å². The van der Waals surface area contributed by atoms with Crippen molar-refractivity contribution in [1.29, 1.82) is 0 Å². The van der Waals surface area contributed by atoms with Gasteiger partial charge in [0, 0.05) is 17.3 Å². The van der Waals surface area contributed by atoms with Crippen LogP contribution in [0.3, 0.4) is 0 Å². The minimum Gasteiger partial charge on any atom is -0.332 e. The van der Waals surface area contributed by atoms with Gasteiger partial charge >= 0.3 is 0 Å². The zero-order chi connectivity index (χ0) is 11.4. The molecule has 2 rings (SSSR count). The Balaban J connectivity index is 1.95. The summed E-state index contributed by atoms with van der Waals surface area (Å²) in [7, 11) is 0. The maximum absolute atomic E-state index is 5.16. The highest BCUT2D eigenvalue weighted by Crippen LogP contribution is 2.12. The Hall–Kier alpha value is -1.46. The van der Waals surface area contributed by atoms with E-state index in [1.165, 1.54) is 16.9 Å². The molecular formula is C11H11N3S2. The summed E-state index contributed by atoms with van der Waals surface area (Å²) in [5.41, 5.74) is 2.20. The molecule has 0 saturated heterocycles. The number of nitrogens with one attached hydrogen (secondary N) is 2. The van der Waals surface area contributed by atoms with E-state index in [0.717, 1.165) is 10.8 Å². The van der Waals surface area contributed by atoms with E-state index in [0.29, 0.717) is 5.11 Å². The van der Waals surface area contributed by atoms with E-state index in [9.17, 15) is 0 Å². The fourth-order valence-corrected chi connectivity index (χ4v) is 1.99. The second kappa shape index (κ2) is 5.05. The lowest BCUT2D eigenvalue weighted by molar-refractivity contribution is 1.41. The van der Waals surface area contributed by atoms with Crippen molar-refractivity contribution in [2.24, 2.45) is 0 Å². The average molecular weight is 249 g/mol. The minimum atomic E-state index is 0.554. The topological polar surface area (TPSA) is 37.0 Å². The molecule has 2 N–H and O–H groups in total. The van der Waals surface area contributed by atoms with Crippen LogP contribution in [0.5, 0.6) is 0 Å². The monoisotopic (exact) mass is 249 g/mol. The second-order valence-electron chi connectivity index (χ2n) is 3.28. The summed E-state index contributed by atoms with van der Waals surface area (Å²) in [6.07, 6.45) is 1.74. The lowest BCUT2D eigenvalue weighted by Crippen LogP contribution is -2.18. The van der Waals surface area contributed by atoms with E-state index in [1.807, 2.05) is 29.6 Å². The van der Waals surface area contributed by atoms with E-state index < -0.39 is 0 Å². The van der Waals surface area contributed by atoms with Crippen LogP contribution < -0.4 is 10.6 Å². The first kappa shape index (κ1) is 11.0. The smallest absolute Gasteiger partial charge is 0.188 e. The maximum atomic E-state index is 5.16. The predicted molar refractivity (Wildman–Crippen MR) is 73.1 cm³/mol. The van der Waals surface area contributed by atoms with Crippen LogP contribution in [-0.4, -0.2) is 10.1 Å². The first-order chi connectivity index (χ1) is 7.74. The van der Waals surface area contributed by atoms with Crippen LogP contribution in [-0.2, 0) is 0 Å². The molecule has 0 aliphatic heterocycles. The molecule has 1 aromatic heterocycles. The number of hydrogen-bond donors (Lipinski definition) is 2. The van der Waals surface area contributed by atoms with Crippen molar-refractivity contribution in [2.75, 3.05) is 10.6 Å². The van der Waals surface area contributed by atoms with Gasteiger partial charge in [0.15, 0.2) is 10.2 Å². The Labute approximate surface area is 104 Å². The number of thiocarbonyl (C=S) groups is 1. The molecule has 0 spiro atoms. The largest absolute Gasteiger partial charge is 0.332 e. The van der Waals surface area contributed by atoms with Gasteiger partial charge in [-0.25, -0.2) is 4.98 Å². The molecule has 0 fully saturated rings. The van der Waals surface area contributed by atoms with E-state index >= 15 is 0 Å². The standard InChI is InChI=1S/C11H11N3S2/c1-8-2-4-9(5-3-8)13-10(15)14-11-12-6-7-16-11/h2-7H,1H3,(H2,12,13,14,15). The Morgan fingerprint density at radius 3 is 2.62 bits per heavy atom. The molecule has 0 radical (unpaired) electrons. The molecule has 0 saturated carbocycles. The number of aromatic nitrogens is 1. The first-order valence-corrected chi connectivity index (χ1v) is 6.07. The van der Waals surface area contributed by atoms with Gasteiger partial charge in [-0.05, 0) is 31.3 Å². The molecule has 0 atom stereocenters. The van der Waals surface area contributed by atoms with E-state index in [4.69, 9.17) is 12.2 Å². The quantitative estimate of drug-likeness (QED) is 0.801. The third kappa shape index (κ3) is 3.01. The van der Waals surface area contributed by atoms with Crippen LogP contribution in [0.25, 0.3) is 0 Å². The number of benzene rings is 1. The highest BCUT2D eigenvalue weighted by Gasteiger charge is 1.99. The van der Waals surface area contributed by atoms with E-state index in [-0.39, 0.29) is 0 Å². The summed E-state index contributed by atoms with van der Waals surface area (Å²) in [6, 6.07) is 8.05. The number of rotatable bonds is 2. The predicted octanol–water partition coefficient (Wildman–Crippen LogP) is 3.26. The number of hydrogen-bond acceptors (Lipinski definition) is 3. The molecule has 2 aromatic rings. The van der Waals surface area contributed by atoms with Crippen molar-refractivity contribution in [3.63, 3.8) is 0 Å². The van der Waals surface area contributed by atoms with Gasteiger partial charge in [-0.1, -0.05) is 17.7 Å². The maximum Gasteiger partial charge on any atom is 0.188 e. The molecule has 0 unspecified atom stereocenters. The number of aryl methyl sites for hydroxylation is 1. The fourth-order valence-electron chi connectivity index (χ4n) is 1.18. The third-order valence-electron chi connectivity index (χ3n) is 1.96. The Kier molecular flexibility index (Phi) is 3.48. The lowest BCUT2D eigenvalue weighted by Gasteiger charge is -2.08. The normalized spacial score (nSPS) is 9.81. The van der Waals surface area contributed by atoms with Crippen molar-refractivity contribution in [2.45, 2.75) is 6.92 Å². The van der Waals surface area contributed by atoms with Crippen LogP contribution >= 0.6 is 23.6 Å². The zero-order valence-electron chi connectivity index (χ0n) is 8.73. The van der Waals surface area contributed by atoms with Crippen LogP contribution in [0.4, 0.5) is 10.8 Å². The van der Waals surface area contributed by atoms with Crippen molar-refractivity contribution in [3.05, 3.63) is 41.4 Å². The summed E-state index contributed by atoms with van der Waals surface area (Å²) < 4.78 is 0. The van der Waals surface area contributed by atoms with Gasteiger partial charge in [0.1, 0.15) is 0 Å². The number of thiazole rings is 1. The summed E-state index contributed by atoms with van der Waals surface area (Å²) in [5, 5.41) is 9.36. The van der Waals surface area contributed by atoms with Crippen molar-refractivity contribution >= 4 is 39.5 Å². The van der Waals surface area contributed by atoms with Gasteiger partial charge in [0.05, 0.1) is 0 Å². The van der Waals surface area contributed by atoms with E-state index in [1.54, 1.807) is 6.20 Å². The zero-order valence-corrected chi connectivity index (χ0v) is 10.4. The van der Waals surface area contributed by atoms with Gasteiger partial charge in [0.2, 0.25) is 0 Å². The van der Waals surface area contributed by atoms with Gasteiger partial charge in [0.25, 0.3) is 0 Å². The number of anilines is 2. The van der Waals surface area contributed by atoms with Crippen molar-refractivity contribution in [1.82, 2.24) is 4.98 Å². The van der Waals surface area contributed by atoms with Gasteiger partial charge < -0.3 is 10.6 Å². The molecule has 16 heavy (non-hydrogen) atoms. The van der Waals surface area contributed by atoms with Crippen LogP contribution in [0.15, 0.2) is 35.8 Å². The molecular weight excluding hydrogens is 238 g/mol. The molecule has 5 heteroatoms. The van der Waals surface area contributed by atoms with Crippen LogP contribution in [0, 0.1) is 6.92 Å². The fraction of sp³-hybridized carbons (Fsp3) is 0.0909. The molecule has 0 aliphatic carbocycles. The molecule has 0 bridgehead atoms. The Bertz CT molecular complexity index is 462. The molecule has 0 aliphatic rings. The lowest BCUT2D eigenvalue weighted by atomic mass is 10.2. The van der Waals surface area contributed by atoms with Crippen molar-refractivity contribution in [3.8, 4) is 0 Å². The molecule has 82 valence electrons. The highest BCUT2D eigenvalue weighted by molar-refractivity contribution is 7.80. The Morgan fingerprint density at radius 2 is 2.00 bits per heavy atom. The third-order valence-corrected chi connectivity index (χ3v) is 2.85. The van der Waals surface area contributed by atoms with Crippen LogP contribution in [0.1, 0.15) is 5.56 Å². The molecule has 1 aromatic carbocycles. The molecule has 0 amide bonds. The highest BCUT2D eigenvalue weighted by atomic mass is 32.1. The molecule has 1 heterocycles. The second-order valence-corrected chi connectivity index (χ2v) is 4.59. The average Bonchev–Trinajstić information content (AvgIpc) is 2.74.